The van der Waals surface area contributed by atoms with Crippen LogP contribution in [0.2, 0.25) is 0 Å². The van der Waals surface area contributed by atoms with Gasteiger partial charge in [-0.3, -0.25) is 0 Å². The van der Waals surface area contributed by atoms with Crippen molar-refractivity contribution < 1.29 is 1.37 Å². The summed E-state index contributed by atoms with van der Waals surface area (Å²) in [4.78, 5) is 0. The van der Waals surface area contributed by atoms with Crippen molar-refractivity contribution in [3.05, 3.63) is 0 Å². The molecule has 0 atom stereocenters. The van der Waals surface area contributed by atoms with Gasteiger partial charge in [0.15, 0.2) is 0 Å². The van der Waals surface area contributed by atoms with Gasteiger partial charge in [0.25, 0.3) is 0 Å². The van der Waals surface area contributed by atoms with Gasteiger partial charge >= 0.3 is 0 Å². The summed E-state index contributed by atoms with van der Waals surface area (Å²) < 4.78 is 8.31. The van der Waals surface area contributed by atoms with Gasteiger partial charge in [-0.2, -0.15) is 0 Å². The van der Waals surface area contributed by atoms with Gasteiger partial charge in [-0.15, -0.1) is 0 Å². The fourth-order valence-corrected chi connectivity index (χ4v) is 4.87. The summed E-state index contributed by atoms with van der Waals surface area (Å²) in [6.45, 7) is 4.28. The lowest BCUT2D eigenvalue weighted by molar-refractivity contribution is -0.0552. The third-order valence-corrected chi connectivity index (χ3v) is 4.89. The van der Waals surface area contributed by atoms with E-state index >= 15 is 0 Å². The summed E-state index contributed by atoms with van der Waals surface area (Å²) in [5, 5.41) is 0. The van der Waals surface area contributed by atoms with Gasteiger partial charge in [-0.25, -0.2) is 0 Å². The van der Waals surface area contributed by atoms with E-state index in [0.29, 0.717) is 0 Å². The molecule has 0 nitrogen and oxygen atoms in total. The molecule has 0 aromatic rings. The Bertz CT molecular complexity index is 210. The van der Waals surface area contributed by atoms with Crippen LogP contribution in [0.5, 0.6) is 0 Å². The summed E-state index contributed by atoms with van der Waals surface area (Å²) in [7, 11) is 0. The molecule has 0 spiro atoms. The second kappa shape index (κ2) is 2.74. The first-order valence-electron chi connectivity index (χ1n) is 6.54. The molecule has 4 aliphatic rings. The van der Waals surface area contributed by atoms with Gasteiger partial charge < -0.3 is 0 Å². The summed E-state index contributed by atoms with van der Waals surface area (Å²) in [6, 6.07) is 0. The largest absolute Gasteiger partial charge is 0.0625 e. The maximum Gasteiger partial charge on any atom is 0.0300 e. The van der Waals surface area contributed by atoms with E-state index in [4.69, 9.17) is 1.37 Å². The molecule has 0 saturated heterocycles. The van der Waals surface area contributed by atoms with Gasteiger partial charge in [0.2, 0.25) is 0 Å². The lowest BCUT2D eigenvalue weighted by atomic mass is 9.50. The summed E-state index contributed by atoms with van der Waals surface area (Å²) >= 11 is 0. The third kappa shape index (κ3) is 1.17. The molecule has 0 amide bonds. The smallest absolute Gasteiger partial charge is 0.0300 e. The Balaban J connectivity index is 1.88. The molecule has 4 rings (SSSR count). The highest BCUT2D eigenvalue weighted by molar-refractivity contribution is 4.98. The van der Waals surface area contributed by atoms with Gasteiger partial charge in [0, 0.05) is 1.37 Å². The fourth-order valence-electron chi connectivity index (χ4n) is 4.87. The second-order valence-corrected chi connectivity index (χ2v) is 6.03. The van der Waals surface area contributed by atoms with Crippen molar-refractivity contribution in [3.8, 4) is 0 Å². The van der Waals surface area contributed by atoms with E-state index < -0.39 is 0 Å². The van der Waals surface area contributed by atoms with Crippen LogP contribution in [0, 0.1) is 35.5 Å². The van der Waals surface area contributed by atoms with Crippen molar-refractivity contribution in [1.29, 1.82) is 0 Å². The highest BCUT2D eigenvalue weighted by atomic mass is 14.5. The van der Waals surface area contributed by atoms with E-state index in [1.54, 1.807) is 0 Å². The first-order valence-corrected chi connectivity index (χ1v) is 6.04. The zero-order valence-corrected chi connectivity index (χ0v) is 8.92. The van der Waals surface area contributed by atoms with Gasteiger partial charge in [-0.05, 0) is 67.6 Å². The van der Waals surface area contributed by atoms with Gasteiger partial charge in [-0.1, -0.05) is 13.8 Å². The van der Waals surface area contributed by atoms with Crippen LogP contribution < -0.4 is 0 Å². The van der Waals surface area contributed by atoms with Crippen molar-refractivity contribution in [2.45, 2.75) is 46.0 Å². The van der Waals surface area contributed by atoms with Crippen LogP contribution >= 0.6 is 0 Å². The highest BCUT2D eigenvalue weighted by Crippen LogP contribution is 2.58. The molecule has 0 aliphatic heterocycles. The average Bonchev–Trinajstić information content (AvgIpc) is 1.97. The number of rotatable bonds is 1. The molecule has 0 aromatic carbocycles. The molecular weight excluding hydrogens is 156 g/mol. The molecule has 13 heavy (non-hydrogen) atoms. The first-order chi connectivity index (χ1) is 6.54. The molecule has 4 aliphatic carbocycles. The SMILES string of the molecule is [2H]C(C)(C)C1C2CC3CC(C2)CC1C3. The molecule has 0 unspecified atom stereocenters. The van der Waals surface area contributed by atoms with Crippen molar-refractivity contribution in [3.63, 3.8) is 0 Å². The Hall–Kier alpha value is 0. The minimum Gasteiger partial charge on any atom is -0.0625 e. The van der Waals surface area contributed by atoms with E-state index in [0.717, 1.165) is 29.6 Å². The minimum atomic E-state index is -0.178. The second-order valence-electron chi connectivity index (χ2n) is 6.03. The van der Waals surface area contributed by atoms with E-state index in [1.165, 1.54) is 32.1 Å². The summed E-state index contributed by atoms with van der Waals surface area (Å²) in [5.74, 6) is 4.47. The Morgan fingerprint density at radius 3 is 1.77 bits per heavy atom. The quantitative estimate of drug-likeness (QED) is 0.575. The highest BCUT2D eigenvalue weighted by Gasteiger charge is 2.48. The molecule has 4 bridgehead atoms. The first kappa shape index (κ1) is 7.31. The zero-order chi connectivity index (χ0) is 9.92. The Labute approximate surface area is 83.5 Å². The van der Waals surface area contributed by atoms with Crippen molar-refractivity contribution in [2.75, 3.05) is 0 Å². The predicted molar refractivity (Wildman–Crippen MR) is 55.4 cm³/mol. The summed E-state index contributed by atoms with van der Waals surface area (Å²) in [6.07, 6.45) is 7.36. The number of hydrogen-bond donors (Lipinski definition) is 0. The van der Waals surface area contributed by atoms with E-state index in [1.807, 2.05) is 0 Å². The summed E-state index contributed by atoms with van der Waals surface area (Å²) in [5.41, 5.74) is 0. The molecule has 0 aromatic heterocycles. The zero-order valence-electron chi connectivity index (χ0n) is 9.92. The monoisotopic (exact) mass is 179 g/mol. The van der Waals surface area contributed by atoms with Crippen LogP contribution in [0.3, 0.4) is 0 Å². The van der Waals surface area contributed by atoms with E-state index in [-0.39, 0.29) is 5.89 Å². The standard InChI is InChI=1S/C13H22/c1-8(2)13-11-4-9-3-10(6-11)7-12(13)5-9/h8-13H,3-7H2,1-2H3/i8D. The van der Waals surface area contributed by atoms with E-state index in [2.05, 4.69) is 13.8 Å². The van der Waals surface area contributed by atoms with Gasteiger partial charge in [0.05, 0.1) is 0 Å². The van der Waals surface area contributed by atoms with E-state index in [9.17, 15) is 0 Å². The molecule has 0 N–H and O–H groups in total. The maximum absolute atomic E-state index is 8.31. The van der Waals surface area contributed by atoms with Crippen LogP contribution in [0.25, 0.3) is 0 Å². The van der Waals surface area contributed by atoms with Crippen molar-refractivity contribution in [2.24, 2.45) is 35.5 Å². The Kier molecular flexibility index (Phi) is 1.54. The molecule has 0 heteroatoms. The maximum atomic E-state index is 8.31. The van der Waals surface area contributed by atoms with Crippen molar-refractivity contribution >= 4 is 0 Å². The fraction of sp³-hybridized carbons (Fsp3) is 1.00. The molecule has 0 radical (unpaired) electrons. The lowest BCUT2D eigenvalue weighted by Crippen LogP contribution is -2.46. The van der Waals surface area contributed by atoms with Crippen LogP contribution in [0.4, 0.5) is 0 Å². The third-order valence-electron chi connectivity index (χ3n) is 4.89. The van der Waals surface area contributed by atoms with Crippen molar-refractivity contribution in [1.82, 2.24) is 0 Å². The van der Waals surface area contributed by atoms with Crippen LogP contribution in [-0.4, -0.2) is 0 Å². The number of hydrogen-bond acceptors (Lipinski definition) is 0. The Morgan fingerprint density at radius 1 is 0.923 bits per heavy atom. The molecular formula is C13H22. The lowest BCUT2D eigenvalue weighted by Gasteiger charge is -2.55. The van der Waals surface area contributed by atoms with Crippen LogP contribution in [0.1, 0.15) is 47.3 Å². The normalized spacial score (nSPS) is 55.2. The topological polar surface area (TPSA) is 0 Å². The minimum absolute atomic E-state index is 0.178. The molecule has 74 valence electrons. The average molecular weight is 179 g/mol. The van der Waals surface area contributed by atoms with Crippen LogP contribution in [-0.2, 0) is 0 Å². The van der Waals surface area contributed by atoms with Gasteiger partial charge in [0.1, 0.15) is 0 Å². The molecule has 0 heterocycles. The molecule has 4 fully saturated rings. The molecule has 4 saturated carbocycles. The Morgan fingerprint density at radius 2 is 1.38 bits per heavy atom. The predicted octanol–water partition coefficient (Wildman–Crippen LogP) is 3.71. The van der Waals surface area contributed by atoms with Crippen LogP contribution in [0.15, 0.2) is 0 Å².